The van der Waals surface area contributed by atoms with E-state index in [1.807, 2.05) is 6.07 Å². The number of pyridine rings is 1. The Kier molecular flexibility index (Phi) is 9.51. The Morgan fingerprint density at radius 1 is 0.979 bits per heavy atom. The van der Waals surface area contributed by atoms with E-state index in [9.17, 15) is 19.1 Å². The van der Waals surface area contributed by atoms with Crippen LogP contribution in [0.25, 0.3) is 28.5 Å². The molecule has 0 amide bonds. The van der Waals surface area contributed by atoms with Crippen molar-refractivity contribution in [1.82, 2.24) is 14.5 Å². The van der Waals surface area contributed by atoms with Gasteiger partial charge in [-0.1, -0.05) is 24.3 Å². The number of carbonyl (C=O) groups excluding carboxylic acids is 1. The Morgan fingerprint density at radius 3 is 2.40 bits per heavy atom. The minimum absolute atomic E-state index is 0.0393. The third-order valence-electron chi connectivity index (χ3n) is 7.05. The van der Waals surface area contributed by atoms with Crippen LogP contribution in [0.15, 0.2) is 78.6 Å². The molecule has 0 spiro atoms. The number of nitriles is 1. The molecule has 0 saturated heterocycles. The molecule has 5 aromatic rings. The number of ether oxygens (including phenoxy) is 3. The number of fused-ring (bicyclic) bond motifs is 1. The molecule has 0 aliphatic rings. The average Bonchev–Trinajstić information content (AvgIpc) is 3.38. The van der Waals surface area contributed by atoms with Gasteiger partial charge < -0.3 is 19.3 Å². The lowest BCUT2D eigenvalue weighted by molar-refractivity contribution is -0.135. The number of rotatable bonds is 10. The van der Waals surface area contributed by atoms with Crippen LogP contribution in [0.3, 0.4) is 0 Å². The van der Waals surface area contributed by atoms with Gasteiger partial charge in [0, 0.05) is 23.6 Å². The Hall–Kier alpha value is -6.09. The zero-order chi connectivity index (χ0) is 34.6. The number of carbonyl (C=O) groups is 2. The third-order valence-corrected chi connectivity index (χ3v) is 7.05. The topological polar surface area (TPSA) is 137 Å². The Labute approximate surface area is 274 Å². The maximum absolute atomic E-state index is 15.6. The van der Waals surface area contributed by atoms with Crippen molar-refractivity contribution in [2.45, 2.75) is 39.4 Å². The summed E-state index contributed by atoms with van der Waals surface area (Å²) in [6.07, 6.45) is 1.18. The molecule has 244 valence electrons. The molecule has 1 N–H and O–H groups in total. The molecule has 3 aromatic carbocycles. The van der Waals surface area contributed by atoms with E-state index in [4.69, 9.17) is 19.5 Å². The summed E-state index contributed by atoms with van der Waals surface area (Å²) in [6.45, 7) is 5.11. The first-order chi connectivity index (χ1) is 22.8. The van der Waals surface area contributed by atoms with Gasteiger partial charge in [0.05, 0.1) is 47.2 Å². The van der Waals surface area contributed by atoms with E-state index in [1.165, 1.54) is 42.1 Å². The molecule has 2 aromatic heterocycles. The average molecular weight is 653 g/mol. The lowest BCUT2D eigenvalue weighted by atomic mass is 10.1. The molecule has 5 rings (SSSR count). The number of aromatic nitrogens is 3. The van der Waals surface area contributed by atoms with E-state index in [2.05, 4.69) is 9.97 Å². The van der Waals surface area contributed by atoms with Gasteiger partial charge in [-0.15, -0.1) is 0 Å². The molecule has 0 atom stereocenters. The molecule has 48 heavy (non-hydrogen) atoms. The second-order valence-electron chi connectivity index (χ2n) is 11.7. The van der Waals surface area contributed by atoms with Crippen LogP contribution in [0.5, 0.6) is 5.88 Å². The summed E-state index contributed by atoms with van der Waals surface area (Å²) in [5.41, 5.74) is 1.89. The van der Waals surface area contributed by atoms with Gasteiger partial charge in [0.25, 0.3) is 0 Å². The molecular weight excluding hydrogens is 622 g/mol. The van der Waals surface area contributed by atoms with Crippen LogP contribution >= 0.6 is 0 Å². The van der Waals surface area contributed by atoms with Crippen molar-refractivity contribution in [2.24, 2.45) is 0 Å². The number of benzene rings is 3. The maximum atomic E-state index is 15.6. The van der Waals surface area contributed by atoms with Crippen LogP contribution in [0.4, 0.5) is 8.78 Å². The number of carboxylic acid groups (broad SMARTS) is 1. The molecule has 2 heterocycles. The molecule has 0 fully saturated rings. The van der Waals surface area contributed by atoms with Gasteiger partial charge in [0.1, 0.15) is 29.7 Å². The van der Waals surface area contributed by atoms with Crippen LogP contribution < -0.4 is 4.74 Å². The molecule has 0 aliphatic heterocycles. The quantitative estimate of drug-likeness (QED) is 0.0970. The zero-order valence-electron chi connectivity index (χ0n) is 26.5. The number of hydrogen-bond donors (Lipinski definition) is 1. The largest absolute Gasteiger partial charge is 0.489 e. The fourth-order valence-corrected chi connectivity index (χ4v) is 4.75. The molecule has 0 unspecified atom stereocenters. The number of methoxy groups -OCH3 is 1. The maximum Gasteiger partial charge on any atom is 0.372 e. The summed E-state index contributed by atoms with van der Waals surface area (Å²) in [5, 5.41) is 18.6. The van der Waals surface area contributed by atoms with Crippen molar-refractivity contribution in [2.75, 3.05) is 7.11 Å². The van der Waals surface area contributed by atoms with E-state index >= 15 is 4.39 Å². The van der Waals surface area contributed by atoms with Crippen molar-refractivity contribution in [1.29, 1.82) is 5.26 Å². The van der Waals surface area contributed by atoms with Crippen LogP contribution in [-0.2, 0) is 27.3 Å². The number of hydrogen-bond acceptors (Lipinski definition) is 8. The van der Waals surface area contributed by atoms with Crippen molar-refractivity contribution < 1.29 is 37.7 Å². The molecule has 0 aliphatic carbocycles. The van der Waals surface area contributed by atoms with E-state index in [0.717, 1.165) is 6.07 Å². The van der Waals surface area contributed by atoms with Gasteiger partial charge >= 0.3 is 11.9 Å². The summed E-state index contributed by atoms with van der Waals surface area (Å²) in [4.78, 5) is 33.6. The van der Waals surface area contributed by atoms with E-state index in [0.29, 0.717) is 22.3 Å². The molecule has 12 heteroatoms. The normalized spacial score (nSPS) is 11.6. The standard InChI is InChI=1S/C36H30F2N4O6/c1-36(2,3)48-35(45)24-12-13-29-30(16-24)42(19-31(46-4)34(43)44)32(40-29)17-22-10-11-23(15-27(22)38)28-6-5-7-33(41-28)47-20-25-9-8-21(18-39)14-26(25)37/h5-16,19H,17,20H2,1-4H3,(H,43,44)/b31-19+. The summed E-state index contributed by atoms with van der Waals surface area (Å²) >= 11 is 0. The number of nitrogens with zero attached hydrogens (tertiary/aromatic N) is 4. The first-order valence-corrected chi connectivity index (χ1v) is 14.7. The Morgan fingerprint density at radius 2 is 1.73 bits per heavy atom. The van der Waals surface area contributed by atoms with Crippen molar-refractivity contribution in [3.8, 4) is 23.2 Å². The van der Waals surface area contributed by atoms with Gasteiger partial charge in [-0.3, -0.25) is 4.57 Å². The van der Waals surface area contributed by atoms with Crippen LogP contribution in [0, 0.1) is 23.0 Å². The highest BCUT2D eigenvalue weighted by atomic mass is 19.1. The van der Waals surface area contributed by atoms with Gasteiger partial charge in [-0.25, -0.2) is 28.3 Å². The van der Waals surface area contributed by atoms with Gasteiger partial charge in [-0.2, -0.15) is 5.26 Å². The summed E-state index contributed by atoms with van der Waals surface area (Å²) in [5.74, 6) is -2.95. The fraction of sp³-hybridized carbons (Fsp3) is 0.194. The summed E-state index contributed by atoms with van der Waals surface area (Å²) in [7, 11) is 1.21. The number of halogens is 2. The first kappa shape index (κ1) is 33.3. The lowest BCUT2D eigenvalue weighted by Crippen LogP contribution is -2.23. The molecule has 0 radical (unpaired) electrons. The number of esters is 1. The highest BCUT2D eigenvalue weighted by molar-refractivity contribution is 5.95. The lowest BCUT2D eigenvalue weighted by Gasteiger charge is -2.19. The minimum Gasteiger partial charge on any atom is -0.489 e. The first-order valence-electron chi connectivity index (χ1n) is 14.7. The predicted octanol–water partition coefficient (Wildman–Crippen LogP) is 6.90. The number of carboxylic acids is 1. The van der Waals surface area contributed by atoms with Crippen LogP contribution in [-0.4, -0.2) is 44.3 Å². The summed E-state index contributed by atoms with van der Waals surface area (Å²) < 4.78 is 47.5. The minimum atomic E-state index is -1.33. The van der Waals surface area contributed by atoms with Crippen LogP contribution in [0.1, 0.15) is 53.6 Å². The molecular formula is C36H30F2N4O6. The van der Waals surface area contributed by atoms with Crippen molar-refractivity contribution in [3.63, 3.8) is 0 Å². The van der Waals surface area contributed by atoms with Crippen molar-refractivity contribution in [3.05, 3.63) is 118 Å². The van der Waals surface area contributed by atoms with E-state index in [-0.39, 0.29) is 47.0 Å². The summed E-state index contributed by atoms with van der Waals surface area (Å²) in [6, 6.07) is 20.1. The highest BCUT2D eigenvalue weighted by Crippen LogP contribution is 2.27. The van der Waals surface area contributed by atoms with Crippen molar-refractivity contribution >= 4 is 29.2 Å². The highest BCUT2D eigenvalue weighted by Gasteiger charge is 2.21. The van der Waals surface area contributed by atoms with Gasteiger partial charge in [0.2, 0.25) is 11.6 Å². The predicted molar refractivity (Wildman–Crippen MR) is 172 cm³/mol. The molecule has 0 bridgehead atoms. The zero-order valence-corrected chi connectivity index (χ0v) is 26.5. The third kappa shape index (κ3) is 7.64. The second kappa shape index (κ2) is 13.7. The number of aliphatic carboxylic acids is 1. The van der Waals surface area contributed by atoms with Crippen LogP contribution in [0.2, 0.25) is 0 Å². The fourth-order valence-electron chi connectivity index (χ4n) is 4.75. The second-order valence-corrected chi connectivity index (χ2v) is 11.7. The monoisotopic (exact) mass is 652 g/mol. The van der Waals surface area contributed by atoms with E-state index in [1.54, 1.807) is 63.2 Å². The Balaban J connectivity index is 1.43. The number of imidazole rings is 1. The smallest absolute Gasteiger partial charge is 0.372 e. The SMILES string of the molecule is CO/C(=C/n1c(Cc2ccc(-c3cccc(OCc4ccc(C#N)cc4F)n3)cc2F)nc2ccc(C(=O)OC(C)(C)C)cc21)C(=O)O. The van der Waals surface area contributed by atoms with E-state index < -0.39 is 34.9 Å². The molecule has 0 saturated carbocycles. The van der Waals surface area contributed by atoms with Gasteiger partial charge in [0.15, 0.2) is 0 Å². The van der Waals surface area contributed by atoms with Gasteiger partial charge in [-0.05, 0) is 68.8 Å². The molecule has 10 nitrogen and oxygen atoms in total. The Bertz CT molecular complexity index is 2110.